The Kier molecular flexibility index (Phi) is 4.06. The molecule has 0 fully saturated rings. The highest BCUT2D eigenvalue weighted by atomic mass is 32.2. The minimum absolute atomic E-state index is 0.0815. The number of amides is 1. The van der Waals surface area contributed by atoms with Crippen molar-refractivity contribution in [3.05, 3.63) is 59.7 Å². The number of carbonyl (C=O) groups excluding carboxylic acids is 1. The first kappa shape index (κ1) is 15.5. The van der Waals surface area contributed by atoms with Crippen LogP contribution in [0.3, 0.4) is 0 Å². The van der Waals surface area contributed by atoms with Crippen molar-refractivity contribution < 1.29 is 17.9 Å². The second kappa shape index (κ2) is 6.02. The van der Waals surface area contributed by atoms with Gasteiger partial charge in [0.25, 0.3) is 0 Å². The summed E-state index contributed by atoms with van der Waals surface area (Å²) in [7, 11) is -3.66. The van der Waals surface area contributed by atoms with Crippen LogP contribution in [0.1, 0.15) is 15.9 Å². The van der Waals surface area contributed by atoms with E-state index in [1.807, 2.05) is 24.3 Å². The van der Waals surface area contributed by atoms with Crippen molar-refractivity contribution in [1.82, 2.24) is 4.72 Å². The first-order valence-corrected chi connectivity index (χ1v) is 8.58. The summed E-state index contributed by atoms with van der Waals surface area (Å²) in [5.41, 5.74) is 6.47. The fourth-order valence-electron chi connectivity index (χ4n) is 2.45. The molecule has 120 valence electrons. The van der Waals surface area contributed by atoms with Gasteiger partial charge in [-0.1, -0.05) is 18.2 Å². The Morgan fingerprint density at radius 1 is 1.17 bits per heavy atom. The van der Waals surface area contributed by atoms with Crippen molar-refractivity contribution >= 4 is 15.9 Å². The van der Waals surface area contributed by atoms with Crippen LogP contribution in [0.4, 0.5) is 0 Å². The molecule has 7 heteroatoms. The van der Waals surface area contributed by atoms with Crippen molar-refractivity contribution in [2.45, 2.75) is 17.4 Å². The smallest absolute Gasteiger partial charge is 0.248 e. The molecule has 1 aliphatic rings. The summed E-state index contributed by atoms with van der Waals surface area (Å²) >= 11 is 0. The highest BCUT2D eigenvalue weighted by molar-refractivity contribution is 7.89. The molecular formula is C16H16N2O4S. The number of ether oxygens (including phenoxy) is 1. The Morgan fingerprint density at radius 2 is 1.87 bits per heavy atom. The van der Waals surface area contributed by atoms with E-state index in [0.29, 0.717) is 6.42 Å². The van der Waals surface area contributed by atoms with Gasteiger partial charge in [0.1, 0.15) is 11.9 Å². The van der Waals surface area contributed by atoms with Crippen LogP contribution in [0.2, 0.25) is 0 Å². The number of nitrogens with one attached hydrogen (secondary N) is 1. The fourth-order valence-corrected chi connectivity index (χ4v) is 3.52. The van der Waals surface area contributed by atoms with Gasteiger partial charge in [-0.25, -0.2) is 13.1 Å². The Hall–Kier alpha value is -2.38. The van der Waals surface area contributed by atoms with Gasteiger partial charge in [-0.05, 0) is 35.9 Å². The number of sulfonamides is 1. The molecule has 1 aliphatic heterocycles. The van der Waals surface area contributed by atoms with Gasteiger partial charge in [-0.15, -0.1) is 0 Å². The van der Waals surface area contributed by atoms with E-state index in [0.717, 1.165) is 11.3 Å². The standard InChI is InChI=1S/C16H16N2O4S/c17-16(19)11-5-7-14(8-6-11)23(20,21)18-10-13-9-12-3-1-2-4-15(12)22-13/h1-8,13,18H,9-10H2,(H2,17,19). The van der Waals surface area contributed by atoms with Crippen LogP contribution in [-0.2, 0) is 16.4 Å². The quantitative estimate of drug-likeness (QED) is 0.855. The van der Waals surface area contributed by atoms with Gasteiger partial charge < -0.3 is 10.5 Å². The Morgan fingerprint density at radius 3 is 2.52 bits per heavy atom. The summed E-state index contributed by atoms with van der Waals surface area (Å²) in [5.74, 6) is 0.196. The van der Waals surface area contributed by atoms with E-state index in [9.17, 15) is 13.2 Å². The summed E-state index contributed by atoms with van der Waals surface area (Å²) in [6.45, 7) is 0.175. The van der Waals surface area contributed by atoms with Gasteiger partial charge in [0.15, 0.2) is 0 Å². The predicted molar refractivity (Wildman–Crippen MR) is 84.7 cm³/mol. The summed E-state index contributed by atoms with van der Waals surface area (Å²) < 4.78 is 32.8. The molecule has 1 unspecified atom stereocenters. The van der Waals surface area contributed by atoms with Crippen molar-refractivity contribution in [1.29, 1.82) is 0 Å². The number of nitrogens with two attached hydrogens (primary N) is 1. The van der Waals surface area contributed by atoms with E-state index in [-0.39, 0.29) is 23.1 Å². The number of para-hydroxylation sites is 1. The third-order valence-corrected chi connectivity index (χ3v) is 5.10. The number of hydrogen-bond acceptors (Lipinski definition) is 4. The first-order chi connectivity index (χ1) is 11.0. The van der Waals surface area contributed by atoms with E-state index in [4.69, 9.17) is 10.5 Å². The van der Waals surface area contributed by atoms with E-state index >= 15 is 0 Å². The average Bonchev–Trinajstić information content (AvgIpc) is 2.96. The van der Waals surface area contributed by atoms with Crippen molar-refractivity contribution in [3.63, 3.8) is 0 Å². The molecule has 3 N–H and O–H groups in total. The minimum Gasteiger partial charge on any atom is -0.488 e. The van der Waals surface area contributed by atoms with Gasteiger partial charge in [-0.2, -0.15) is 0 Å². The van der Waals surface area contributed by atoms with E-state index in [1.165, 1.54) is 24.3 Å². The van der Waals surface area contributed by atoms with Crippen molar-refractivity contribution in [2.75, 3.05) is 6.54 Å². The molecule has 1 amide bonds. The van der Waals surface area contributed by atoms with Crippen LogP contribution >= 0.6 is 0 Å². The minimum atomic E-state index is -3.66. The molecule has 6 nitrogen and oxygen atoms in total. The number of primary amides is 1. The maximum atomic E-state index is 12.3. The van der Waals surface area contributed by atoms with Crippen molar-refractivity contribution in [2.24, 2.45) is 5.73 Å². The molecule has 0 saturated carbocycles. The number of hydrogen-bond donors (Lipinski definition) is 2. The third-order valence-electron chi connectivity index (χ3n) is 3.66. The molecule has 0 aromatic heterocycles. The Balaban J connectivity index is 1.65. The molecular weight excluding hydrogens is 316 g/mol. The van der Waals surface area contributed by atoms with Crippen LogP contribution in [0.5, 0.6) is 5.75 Å². The molecule has 2 aromatic carbocycles. The lowest BCUT2D eigenvalue weighted by Gasteiger charge is -2.12. The zero-order valence-corrected chi connectivity index (χ0v) is 13.0. The van der Waals surface area contributed by atoms with Crippen molar-refractivity contribution in [3.8, 4) is 5.75 Å². The average molecular weight is 332 g/mol. The SMILES string of the molecule is NC(=O)c1ccc(S(=O)(=O)NCC2Cc3ccccc3O2)cc1. The topological polar surface area (TPSA) is 98.5 Å². The van der Waals surface area contributed by atoms with Crippen LogP contribution in [0.15, 0.2) is 53.4 Å². The van der Waals surface area contributed by atoms with Gasteiger partial charge in [-0.3, -0.25) is 4.79 Å². The molecule has 3 rings (SSSR count). The van der Waals surface area contributed by atoms with Gasteiger partial charge in [0.05, 0.1) is 4.90 Å². The van der Waals surface area contributed by atoms with Crippen LogP contribution < -0.4 is 15.2 Å². The van der Waals surface area contributed by atoms with Crippen LogP contribution in [0.25, 0.3) is 0 Å². The molecule has 23 heavy (non-hydrogen) atoms. The lowest BCUT2D eigenvalue weighted by atomic mass is 10.1. The Labute approximate surface area is 134 Å². The number of rotatable bonds is 5. The molecule has 1 atom stereocenters. The fraction of sp³-hybridized carbons (Fsp3) is 0.188. The van der Waals surface area contributed by atoms with E-state index < -0.39 is 15.9 Å². The Bertz CT molecular complexity index is 806. The first-order valence-electron chi connectivity index (χ1n) is 7.10. The van der Waals surface area contributed by atoms with Gasteiger partial charge in [0, 0.05) is 18.5 Å². The maximum absolute atomic E-state index is 12.3. The molecule has 0 aliphatic carbocycles. The normalized spacial score (nSPS) is 16.6. The van der Waals surface area contributed by atoms with Crippen LogP contribution in [0, 0.1) is 0 Å². The predicted octanol–water partition coefficient (Wildman–Crippen LogP) is 1.07. The zero-order valence-electron chi connectivity index (χ0n) is 12.2. The lowest BCUT2D eigenvalue weighted by molar-refractivity contribution is 0.1000. The number of fused-ring (bicyclic) bond motifs is 1. The monoisotopic (exact) mass is 332 g/mol. The molecule has 0 spiro atoms. The number of benzene rings is 2. The largest absolute Gasteiger partial charge is 0.488 e. The summed E-state index contributed by atoms with van der Waals surface area (Å²) in [5, 5.41) is 0. The van der Waals surface area contributed by atoms with E-state index in [1.54, 1.807) is 0 Å². The zero-order chi connectivity index (χ0) is 16.4. The summed E-state index contributed by atoms with van der Waals surface area (Å²) in [6.07, 6.45) is 0.436. The molecule has 0 saturated heterocycles. The molecule has 0 radical (unpaired) electrons. The van der Waals surface area contributed by atoms with E-state index in [2.05, 4.69) is 4.72 Å². The lowest BCUT2D eigenvalue weighted by Crippen LogP contribution is -2.34. The second-order valence-corrected chi connectivity index (χ2v) is 7.06. The highest BCUT2D eigenvalue weighted by Crippen LogP contribution is 2.27. The van der Waals surface area contributed by atoms with Gasteiger partial charge in [0.2, 0.25) is 15.9 Å². The van der Waals surface area contributed by atoms with Gasteiger partial charge >= 0.3 is 0 Å². The highest BCUT2D eigenvalue weighted by Gasteiger charge is 2.24. The van der Waals surface area contributed by atoms with Crippen LogP contribution in [-0.4, -0.2) is 27.0 Å². The second-order valence-electron chi connectivity index (χ2n) is 5.29. The molecule has 2 aromatic rings. The molecule has 1 heterocycles. The number of carbonyl (C=O) groups is 1. The molecule has 0 bridgehead atoms. The summed E-state index contributed by atoms with van der Waals surface area (Å²) in [6, 6.07) is 13.1. The summed E-state index contributed by atoms with van der Waals surface area (Å²) in [4.78, 5) is 11.1. The maximum Gasteiger partial charge on any atom is 0.248 e. The third kappa shape index (κ3) is 3.35.